The number of benzene rings is 2. The molecule has 8 heteroatoms. The fraction of sp³-hybridized carbons (Fsp3) is 0.263. The van der Waals surface area contributed by atoms with Crippen LogP contribution in [0.3, 0.4) is 0 Å². The van der Waals surface area contributed by atoms with Gasteiger partial charge in [-0.25, -0.2) is 0 Å². The molecule has 1 unspecified atom stereocenters. The Bertz CT molecular complexity index is 957. The molecule has 1 N–H and O–H groups in total. The van der Waals surface area contributed by atoms with Crippen molar-refractivity contribution in [2.45, 2.75) is 36.1 Å². The van der Waals surface area contributed by atoms with Crippen LogP contribution in [0.2, 0.25) is 0 Å². The van der Waals surface area contributed by atoms with E-state index < -0.39 is 0 Å². The largest absolute Gasteiger partial charge is 0.324 e. The Morgan fingerprint density at radius 3 is 2.70 bits per heavy atom. The van der Waals surface area contributed by atoms with Crippen LogP contribution in [0.4, 0.5) is 5.69 Å². The average Bonchev–Trinajstić information content (AvgIpc) is 3.10. The Morgan fingerprint density at radius 1 is 1.19 bits per heavy atom. The summed E-state index contributed by atoms with van der Waals surface area (Å²) < 4.78 is 1.68. The Morgan fingerprint density at radius 2 is 1.96 bits per heavy atom. The predicted octanol–water partition coefficient (Wildman–Crippen LogP) is 4.12. The Hall–Kier alpha value is -2.32. The molecule has 0 aliphatic carbocycles. The van der Waals surface area contributed by atoms with E-state index in [0.29, 0.717) is 5.16 Å². The smallest absolute Gasteiger partial charge is 0.237 e. The minimum Gasteiger partial charge on any atom is -0.324 e. The summed E-state index contributed by atoms with van der Waals surface area (Å²) in [6.07, 6.45) is 1.99. The van der Waals surface area contributed by atoms with Crippen LogP contribution in [-0.2, 0) is 4.79 Å². The molecule has 27 heavy (non-hydrogen) atoms. The second kappa shape index (κ2) is 8.58. The van der Waals surface area contributed by atoms with Crippen molar-refractivity contribution in [3.05, 3.63) is 53.6 Å². The van der Waals surface area contributed by atoms with E-state index in [1.54, 1.807) is 16.4 Å². The fourth-order valence-electron chi connectivity index (χ4n) is 2.64. The number of para-hydroxylation sites is 1. The number of rotatable bonds is 6. The molecule has 1 aromatic heterocycles. The molecule has 6 nitrogen and oxygen atoms in total. The summed E-state index contributed by atoms with van der Waals surface area (Å²) in [5, 5.41) is 15.2. The number of carbonyl (C=O) groups is 1. The van der Waals surface area contributed by atoms with Crippen LogP contribution >= 0.6 is 23.5 Å². The van der Waals surface area contributed by atoms with Gasteiger partial charge in [-0.2, -0.15) is 4.68 Å². The molecule has 1 amide bonds. The van der Waals surface area contributed by atoms with Gasteiger partial charge in [0.25, 0.3) is 0 Å². The first-order chi connectivity index (χ1) is 13.0. The van der Waals surface area contributed by atoms with Gasteiger partial charge in [0.15, 0.2) is 0 Å². The highest BCUT2D eigenvalue weighted by Gasteiger charge is 2.20. The number of hydrogen-bond donors (Lipinski definition) is 1. The first-order valence-corrected chi connectivity index (χ1v) is 10.6. The lowest BCUT2D eigenvalue weighted by atomic mass is 10.1. The molecule has 3 rings (SSSR count). The van der Waals surface area contributed by atoms with Crippen molar-refractivity contribution >= 4 is 35.1 Å². The maximum atomic E-state index is 12.6. The van der Waals surface area contributed by atoms with E-state index in [1.165, 1.54) is 17.3 Å². The third kappa shape index (κ3) is 4.51. The first kappa shape index (κ1) is 19.4. The second-order valence-electron chi connectivity index (χ2n) is 6.11. The number of aryl methyl sites for hydroxylation is 2. The molecule has 0 saturated heterocycles. The number of aromatic nitrogens is 4. The van der Waals surface area contributed by atoms with Crippen LogP contribution in [-0.4, -0.2) is 37.6 Å². The summed E-state index contributed by atoms with van der Waals surface area (Å²) in [6, 6.07) is 13.9. The normalized spacial score (nSPS) is 12.0. The molecule has 0 saturated carbocycles. The summed E-state index contributed by atoms with van der Waals surface area (Å²) in [6.45, 7) is 5.92. The van der Waals surface area contributed by atoms with Gasteiger partial charge >= 0.3 is 0 Å². The van der Waals surface area contributed by atoms with Crippen LogP contribution in [0.15, 0.2) is 52.5 Å². The molecular formula is C19H21N5OS2. The zero-order chi connectivity index (χ0) is 19.4. The van der Waals surface area contributed by atoms with Crippen LogP contribution in [0.5, 0.6) is 0 Å². The minimum absolute atomic E-state index is 0.0864. The first-order valence-electron chi connectivity index (χ1n) is 8.46. The lowest BCUT2D eigenvalue weighted by Crippen LogP contribution is -2.23. The topological polar surface area (TPSA) is 72.7 Å². The molecule has 0 spiro atoms. The molecule has 0 aliphatic rings. The fourth-order valence-corrected chi connectivity index (χ4v) is 3.99. The highest BCUT2D eigenvalue weighted by atomic mass is 32.2. The monoisotopic (exact) mass is 399 g/mol. The number of tetrazole rings is 1. The van der Waals surface area contributed by atoms with E-state index in [1.807, 2.05) is 63.4 Å². The Kier molecular flexibility index (Phi) is 6.18. The van der Waals surface area contributed by atoms with Crippen molar-refractivity contribution in [1.82, 2.24) is 20.2 Å². The molecule has 1 heterocycles. The van der Waals surface area contributed by atoms with Crippen molar-refractivity contribution in [1.29, 1.82) is 0 Å². The number of nitrogens with one attached hydrogen (secondary N) is 1. The SMILES string of the molecule is CSc1ccccc1NC(=O)C(C)Sc1nnnn1-c1ccc(C)cc1C. The van der Waals surface area contributed by atoms with Crippen molar-refractivity contribution in [2.75, 3.05) is 11.6 Å². The standard InChI is InChI=1S/C19H21N5OS2/c1-12-9-10-16(13(2)11-12)24-19(21-22-23-24)27-14(3)18(25)20-15-7-5-6-8-17(15)26-4/h5-11,14H,1-4H3,(H,20,25). The lowest BCUT2D eigenvalue weighted by molar-refractivity contribution is -0.115. The Balaban J connectivity index is 1.76. The molecular weight excluding hydrogens is 378 g/mol. The van der Waals surface area contributed by atoms with E-state index in [9.17, 15) is 4.79 Å². The van der Waals surface area contributed by atoms with Crippen molar-refractivity contribution < 1.29 is 4.79 Å². The van der Waals surface area contributed by atoms with Gasteiger partial charge in [-0.05, 0) is 61.2 Å². The molecule has 0 aliphatic heterocycles. The molecule has 0 fully saturated rings. The zero-order valence-electron chi connectivity index (χ0n) is 15.6. The number of nitrogens with zero attached hydrogens (tertiary/aromatic N) is 4. The molecule has 0 radical (unpaired) electrons. The van der Waals surface area contributed by atoms with E-state index in [2.05, 4.69) is 26.9 Å². The molecule has 3 aromatic rings. The van der Waals surface area contributed by atoms with Crippen molar-refractivity contribution in [2.24, 2.45) is 0 Å². The minimum atomic E-state index is -0.351. The van der Waals surface area contributed by atoms with Gasteiger partial charge in [-0.1, -0.05) is 41.6 Å². The van der Waals surface area contributed by atoms with Crippen LogP contribution in [0.25, 0.3) is 5.69 Å². The van der Waals surface area contributed by atoms with Gasteiger partial charge in [0.05, 0.1) is 16.6 Å². The van der Waals surface area contributed by atoms with E-state index in [-0.39, 0.29) is 11.2 Å². The number of hydrogen-bond acceptors (Lipinski definition) is 6. The zero-order valence-corrected chi connectivity index (χ0v) is 17.3. The molecule has 2 aromatic carbocycles. The van der Waals surface area contributed by atoms with Crippen LogP contribution < -0.4 is 5.32 Å². The number of anilines is 1. The van der Waals surface area contributed by atoms with Gasteiger partial charge in [0.1, 0.15) is 0 Å². The van der Waals surface area contributed by atoms with E-state index >= 15 is 0 Å². The second-order valence-corrected chi connectivity index (χ2v) is 8.27. The molecule has 1 atom stereocenters. The number of thioether (sulfide) groups is 2. The summed E-state index contributed by atoms with van der Waals surface area (Å²) in [5.74, 6) is -0.0864. The van der Waals surface area contributed by atoms with Crippen molar-refractivity contribution in [3.8, 4) is 5.69 Å². The predicted molar refractivity (Wildman–Crippen MR) is 111 cm³/mol. The van der Waals surface area contributed by atoms with Gasteiger partial charge in [0.2, 0.25) is 11.1 Å². The third-order valence-electron chi connectivity index (χ3n) is 4.04. The van der Waals surface area contributed by atoms with Gasteiger partial charge in [-0.15, -0.1) is 16.9 Å². The third-order valence-corrected chi connectivity index (χ3v) is 5.87. The molecule has 0 bridgehead atoms. The molecule has 140 valence electrons. The average molecular weight is 400 g/mol. The van der Waals surface area contributed by atoms with Crippen LogP contribution in [0.1, 0.15) is 18.1 Å². The lowest BCUT2D eigenvalue weighted by Gasteiger charge is -2.14. The Labute approximate surface area is 167 Å². The van der Waals surface area contributed by atoms with Gasteiger partial charge in [0, 0.05) is 4.90 Å². The highest BCUT2D eigenvalue weighted by molar-refractivity contribution is 8.00. The van der Waals surface area contributed by atoms with Gasteiger partial charge < -0.3 is 5.32 Å². The summed E-state index contributed by atoms with van der Waals surface area (Å²) in [5.41, 5.74) is 3.98. The highest BCUT2D eigenvalue weighted by Crippen LogP contribution is 2.28. The van der Waals surface area contributed by atoms with E-state index in [0.717, 1.165) is 21.8 Å². The quantitative estimate of drug-likeness (QED) is 0.629. The number of carbonyl (C=O) groups excluding carboxylic acids is 1. The summed E-state index contributed by atoms with van der Waals surface area (Å²) in [7, 11) is 0. The van der Waals surface area contributed by atoms with E-state index in [4.69, 9.17) is 0 Å². The number of amides is 1. The van der Waals surface area contributed by atoms with Crippen molar-refractivity contribution in [3.63, 3.8) is 0 Å². The maximum Gasteiger partial charge on any atom is 0.237 e. The van der Waals surface area contributed by atoms with Gasteiger partial charge in [-0.3, -0.25) is 4.79 Å². The van der Waals surface area contributed by atoms with Crippen LogP contribution in [0, 0.1) is 13.8 Å². The maximum absolute atomic E-state index is 12.6. The summed E-state index contributed by atoms with van der Waals surface area (Å²) in [4.78, 5) is 13.7. The summed E-state index contributed by atoms with van der Waals surface area (Å²) >= 11 is 2.93.